The molecule has 65 heavy (non-hydrogen) atoms. The molecule has 0 bridgehead atoms. The molecule has 5 aliphatic rings. The van der Waals surface area contributed by atoms with Crippen LogP contribution in [0.1, 0.15) is 140 Å². The summed E-state index contributed by atoms with van der Waals surface area (Å²) in [6.07, 6.45) is 12.4. The molecular weight excluding hydrogens is 837 g/mol. The summed E-state index contributed by atoms with van der Waals surface area (Å²) in [6, 6.07) is 0. The van der Waals surface area contributed by atoms with Gasteiger partial charge in [0.05, 0.1) is 54.9 Å². The van der Waals surface area contributed by atoms with Crippen molar-refractivity contribution in [2.45, 2.75) is 194 Å². The van der Waals surface area contributed by atoms with Gasteiger partial charge in [-0.2, -0.15) is 0 Å². The average Bonchev–Trinajstić information content (AvgIpc) is 3.22. The molecule has 0 aromatic heterocycles. The molecule has 0 aromatic carbocycles. The van der Waals surface area contributed by atoms with Crippen molar-refractivity contribution in [3.63, 3.8) is 0 Å². The Kier molecular flexibility index (Phi) is 19.2. The fraction of sp³-hybridized carbons (Fsp3) is 0.765. The standard InChI is InChI=1S/C28H44O7.C23H36O7/c1-8-27(3,4)26(31)33-23-14-19(29)13-18-10-9-17(2)22(25(18)23)12-11-20-15-21(16-24(30)32-7)35-28(5,6)34-20;1-5-23(3,4)22(29)30-19-12-16(25)10-14-7-6-13(2)17(20(14)19)9-8-15(24)11-18(26)21(27)28/h9-10,13,17,19-23,25,29H,8,11-12,14-16H2,1-7H3;6-7,10,13,15-20,24-26H,5,8-9,11-12H2,1-4H3,(H,27,28)/t17-,19-,20+,21+,22-,23-,25-;13-,15+,16-,17-,18+,19-,20-/m00/s1. The van der Waals surface area contributed by atoms with Crippen molar-refractivity contribution in [3.05, 3.63) is 47.6 Å². The van der Waals surface area contributed by atoms with E-state index in [2.05, 4.69) is 32.1 Å². The smallest absolute Gasteiger partial charge is 0.332 e. The van der Waals surface area contributed by atoms with Crippen LogP contribution < -0.4 is 0 Å². The second-order valence-electron chi connectivity index (χ2n) is 20.9. The first-order valence-corrected chi connectivity index (χ1v) is 23.9. The number of hydrogen-bond acceptors (Lipinski definition) is 13. The second kappa shape index (κ2) is 23.1. The lowest BCUT2D eigenvalue weighted by atomic mass is 9.66. The molecule has 0 spiro atoms. The molecule has 1 aliphatic heterocycles. The second-order valence-corrected chi connectivity index (χ2v) is 20.9. The van der Waals surface area contributed by atoms with Gasteiger partial charge in [-0.1, -0.05) is 64.2 Å². The van der Waals surface area contributed by atoms with Crippen molar-refractivity contribution < 1.29 is 68.4 Å². The molecule has 4 aliphatic carbocycles. The number of aliphatic hydroxyl groups is 4. The van der Waals surface area contributed by atoms with Crippen LogP contribution in [0, 0.1) is 46.3 Å². The van der Waals surface area contributed by atoms with Gasteiger partial charge in [0, 0.05) is 37.5 Å². The van der Waals surface area contributed by atoms with Gasteiger partial charge in [-0.3, -0.25) is 14.4 Å². The number of esters is 3. The molecule has 0 radical (unpaired) electrons. The summed E-state index contributed by atoms with van der Waals surface area (Å²) in [4.78, 5) is 48.3. The molecule has 1 fully saturated rings. The number of allylic oxidation sites excluding steroid dienone is 4. The van der Waals surface area contributed by atoms with E-state index in [0.717, 1.165) is 24.0 Å². The van der Waals surface area contributed by atoms with E-state index in [1.807, 2.05) is 67.5 Å². The number of methoxy groups -OCH3 is 1. The molecule has 5 N–H and O–H groups in total. The Morgan fingerprint density at radius 2 is 1.22 bits per heavy atom. The number of rotatable bonds is 17. The molecule has 0 saturated carbocycles. The Balaban J connectivity index is 0.000000288. The molecule has 368 valence electrons. The fourth-order valence-corrected chi connectivity index (χ4v) is 9.89. The first kappa shape index (κ1) is 54.2. The van der Waals surface area contributed by atoms with E-state index in [0.29, 0.717) is 50.9 Å². The molecule has 1 heterocycles. The summed E-state index contributed by atoms with van der Waals surface area (Å²) < 4.78 is 29.0. The summed E-state index contributed by atoms with van der Waals surface area (Å²) >= 11 is 0. The molecular formula is C51H80O14. The van der Waals surface area contributed by atoms with Crippen molar-refractivity contribution >= 4 is 23.9 Å². The predicted octanol–water partition coefficient (Wildman–Crippen LogP) is 7.16. The average molecular weight is 917 g/mol. The number of aliphatic carboxylic acids is 1. The minimum absolute atomic E-state index is 0.0359. The minimum atomic E-state index is -1.59. The number of aliphatic hydroxyl groups excluding tert-OH is 4. The molecule has 14 heteroatoms. The first-order chi connectivity index (χ1) is 30.3. The summed E-state index contributed by atoms with van der Waals surface area (Å²) in [5.74, 6) is -2.19. The van der Waals surface area contributed by atoms with Crippen molar-refractivity contribution in [1.29, 1.82) is 0 Å². The predicted molar refractivity (Wildman–Crippen MR) is 244 cm³/mol. The van der Waals surface area contributed by atoms with Crippen LogP contribution in [0.15, 0.2) is 47.6 Å². The highest BCUT2D eigenvalue weighted by atomic mass is 16.7. The van der Waals surface area contributed by atoms with Gasteiger partial charge in [0.2, 0.25) is 0 Å². The topological polar surface area (TPSA) is 216 Å². The van der Waals surface area contributed by atoms with Crippen molar-refractivity contribution in [3.8, 4) is 0 Å². The van der Waals surface area contributed by atoms with E-state index in [9.17, 15) is 39.6 Å². The maximum Gasteiger partial charge on any atom is 0.332 e. The highest BCUT2D eigenvalue weighted by Crippen LogP contribution is 2.46. The maximum absolute atomic E-state index is 12.9. The van der Waals surface area contributed by atoms with E-state index >= 15 is 0 Å². The van der Waals surface area contributed by atoms with Crippen LogP contribution >= 0.6 is 0 Å². The number of ether oxygens (including phenoxy) is 5. The lowest BCUT2D eigenvalue weighted by Gasteiger charge is -2.44. The largest absolute Gasteiger partial charge is 0.479 e. The molecule has 14 atom stereocenters. The van der Waals surface area contributed by atoms with Crippen LogP contribution in [0.3, 0.4) is 0 Å². The Hall–Kier alpha value is -3.40. The zero-order valence-corrected chi connectivity index (χ0v) is 40.7. The first-order valence-electron chi connectivity index (χ1n) is 23.9. The van der Waals surface area contributed by atoms with E-state index in [-0.39, 0.29) is 78.7 Å². The van der Waals surface area contributed by atoms with Gasteiger partial charge in [0.25, 0.3) is 0 Å². The summed E-state index contributed by atoms with van der Waals surface area (Å²) in [7, 11) is 1.39. The molecule has 0 aromatic rings. The third-order valence-corrected chi connectivity index (χ3v) is 14.6. The van der Waals surface area contributed by atoms with Gasteiger partial charge in [0.15, 0.2) is 11.9 Å². The summed E-state index contributed by atoms with van der Waals surface area (Å²) in [5.41, 5.74) is 0.814. The van der Waals surface area contributed by atoms with E-state index in [4.69, 9.17) is 28.8 Å². The lowest BCUT2D eigenvalue weighted by Crippen LogP contribution is -2.46. The van der Waals surface area contributed by atoms with E-state index in [1.165, 1.54) is 7.11 Å². The summed E-state index contributed by atoms with van der Waals surface area (Å²) in [5, 5.41) is 49.3. The van der Waals surface area contributed by atoms with E-state index in [1.54, 1.807) is 6.08 Å². The number of carbonyl (C=O) groups excluding carboxylic acids is 3. The van der Waals surface area contributed by atoms with Crippen LogP contribution in [-0.4, -0.2) is 111 Å². The van der Waals surface area contributed by atoms with Gasteiger partial charge in [-0.25, -0.2) is 4.79 Å². The van der Waals surface area contributed by atoms with Gasteiger partial charge in [0.1, 0.15) is 12.2 Å². The maximum atomic E-state index is 12.9. The summed E-state index contributed by atoms with van der Waals surface area (Å²) in [6.45, 7) is 19.4. The number of carboxylic acid groups (broad SMARTS) is 1. The highest BCUT2D eigenvalue weighted by Gasteiger charge is 2.46. The number of carboxylic acids is 1. The monoisotopic (exact) mass is 917 g/mol. The zero-order chi connectivity index (χ0) is 48.6. The SMILES string of the molecule is CCC(C)(C)C(=O)O[C@H]1C[C@@H](O)C=C2C=C[C@H](C)[C@H](CC[C@@H](O)C[C@@H](O)C(=O)O)[C@H]21.CCC(C)(C)C(=O)O[C@H]1C[C@@H](O)C=C2C=C[C@H](C)[C@H](CC[C@@H]3C[C@H](CC(=O)OC)OC(C)(C)O3)[C@H]21. The van der Waals surface area contributed by atoms with Crippen molar-refractivity contribution in [2.75, 3.05) is 7.11 Å². The third-order valence-electron chi connectivity index (χ3n) is 14.6. The molecule has 0 unspecified atom stereocenters. The van der Waals surface area contributed by atoms with Gasteiger partial charge < -0.3 is 49.2 Å². The Morgan fingerprint density at radius 1 is 0.754 bits per heavy atom. The van der Waals surface area contributed by atoms with Gasteiger partial charge >= 0.3 is 23.9 Å². The Labute approximate surface area is 386 Å². The number of carbonyl (C=O) groups is 4. The fourth-order valence-electron chi connectivity index (χ4n) is 9.89. The zero-order valence-electron chi connectivity index (χ0n) is 40.7. The minimum Gasteiger partial charge on any atom is -0.479 e. The van der Waals surface area contributed by atoms with Crippen molar-refractivity contribution in [1.82, 2.24) is 0 Å². The van der Waals surface area contributed by atoms with E-state index < -0.39 is 53.1 Å². The van der Waals surface area contributed by atoms with Crippen LogP contribution in [0.5, 0.6) is 0 Å². The lowest BCUT2D eigenvalue weighted by molar-refractivity contribution is -0.301. The van der Waals surface area contributed by atoms with Crippen molar-refractivity contribution in [2.24, 2.45) is 46.3 Å². The highest BCUT2D eigenvalue weighted by molar-refractivity contribution is 5.76. The van der Waals surface area contributed by atoms with Crippen LogP contribution in [0.25, 0.3) is 0 Å². The van der Waals surface area contributed by atoms with Gasteiger partial charge in [-0.15, -0.1) is 0 Å². The third kappa shape index (κ3) is 14.8. The number of hydrogen-bond donors (Lipinski definition) is 5. The Bertz CT molecular complexity index is 1760. The molecule has 5 rings (SSSR count). The molecule has 0 amide bonds. The molecule has 14 nitrogen and oxygen atoms in total. The van der Waals surface area contributed by atoms with Crippen LogP contribution in [0.4, 0.5) is 0 Å². The van der Waals surface area contributed by atoms with Gasteiger partial charge in [-0.05, 0) is 115 Å². The quantitative estimate of drug-likeness (QED) is 0.0724. The Morgan fingerprint density at radius 3 is 1.66 bits per heavy atom. The molecule has 1 saturated heterocycles. The van der Waals surface area contributed by atoms with Crippen LogP contribution in [-0.2, 0) is 42.9 Å². The van der Waals surface area contributed by atoms with Crippen LogP contribution in [0.2, 0.25) is 0 Å². The normalized spacial score (nSPS) is 32.8. The number of fused-ring (bicyclic) bond motifs is 2.